The first kappa shape index (κ1) is 17.2. The zero-order valence-electron chi connectivity index (χ0n) is 13.2. The van der Waals surface area contributed by atoms with Crippen molar-refractivity contribution in [3.05, 3.63) is 22.8 Å². The SMILES string of the molecule is Cc1nc(NC(=O)OC(C)(C)C)sc1C(=O)C=CN(C)C. The molecule has 1 aromatic rings. The van der Waals surface area contributed by atoms with Crippen LogP contribution < -0.4 is 5.32 Å². The van der Waals surface area contributed by atoms with E-state index < -0.39 is 11.7 Å². The minimum absolute atomic E-state index is 0.143. The number of nitrogens with zero attached hydrogens (tertiary/aromatic N) is 2. The summed E-state index contributed by atoms with van der Waals surface area (Å²) in [5, 5.41) is 2.89. The number of nitrogens with one attached hydrogen (secondary N) is 1. The smallest absolute Gasteiger partial charge is 0.413 e. The number of allylic oxidation sites excluding steroid dienone is 1. The zero-order chi connectivity index (χ0) is 16.2. The Morgan fingerprint density at radius 2 is 1.95 bits per heavy atom. The van der Waals surface area contributed by atoms with Crippen molar-refractivity contribution in [3.8, 4) is 0 Å². The molecule has 0 aliphatic rings. The van der Waals surface area contributed by atoms with Crippen LogP contribution in [0.4, 0.5) is 9.93 Å². The van der Waals surface area contributed by atoms with Crippen LogP contribution in [-0.2, 0) is 4.74 Å². The zero-order valence-corrected chi connectivity index (χ0v) is 14.0. The minimum atomic E-state index is -0.584. The van der Waals surface area contributed by atoms with Gasteiger partial charge < -0.3 is 9.64 Å². The third-order valence-corrected chi connectivity index (χ3v) is 3.24. The molecule has 0 unspecified atom stereocenters. The predicted octanol–water partition coefficient (Wildman–Crippen LogP) is 3.06. The summed E-state index contributed by atoms with van der Waals surface area (Å²) in [5.41, 5.74) is 0.00296. The lowest BCUT2D eigenvalue weighted by molar-refractivity contribution is 0.0635. The summed E-state index contributed by atoms with van der Waals surface area (Å²) < 4.78 is 5.14. The van der Waals surface area contributed by atoms with E-state index >= 15 is 0 Å². The monoisotopic (exact) mass is 311 g/mol. The summed E-state index contributed by atoms with van der Waals surface area (Å²) in [6, 6.07) is 0. The van der Waals surface area contributed by atoms with Gasteiger partial charge in [0, 0.05) is 26.4 Å². The predicted molar refractivity (Wildman–Crippen MR) is 83.9 cm³/mol. The normalized spacial score (nSPS) is 11.5. The number of ketones is 1. The average Bonchev–Trinajstić information content (AvgIpc) is 2.64. The van der Waals surface area contributed by atoms with E-state index in [0.29, 0.717) is 15.7 Å². The first-order valence-electron chi connectivity index (χ1n) is 6.45. The highest BCUT2D eigenvalue weighted by atomic mass is 32.1. The first-order chi connectivity index (χ1) is 9.58. The van der Waals surface area contributed by atoms with Crippen LogP contribution in [0.5, 0.6) is 0 Å². The Morgan fingerprint density at radius 3 is 2.48 bits per heavy atom. The molecule has 0 aliphatic carbocycles. The minimum Gasteiger partial charge on any atom is -0.444 e. The summed E-state index contributed by atoms with van der Waals surface area (Å²) in [7, 11) is 3.66. The molecule has 21 heavy (non-hydrogen) atoms. The fourth-order valence-corrected chi connectivity index (χ4v) is 2.23. The largest absolute Gasteiger partial charge is 0.444 e. The van der Waals surface area contributed by atoms with Gasteiger partial charge in [-0.25, -0.2) is 9.78 Å². The quantitative estimate of drug-likeness (QED) is 0.683. The van der Waals surface area contributed by atoms with Crippen LogP contribution in [0.1, 0.15) is 36.1 Å². The Hall–Kier alpha value is -1.89. The number of carbonyl (C=O) groups excluding carboxylic acids is 2. The van der Waals surface area contributed by atoms with Crippen molar-refractivity contribution < 1.29 is 14.3 Å². The molecule has 0 fully saturated rings. The van der Waals surface area contributed by atoms with E-state index in [9.17, 15) is 9.59 Å². The van der Waals surface area contributed by atoms with E-state index in [2.05, 4.69) is 10.3 Å². The number of rotatable bonds is 4. The molecular weight excluding hydrogens is 290 g/mol. The van der Waals surface area contributed by atoms with Crippen LogP contribution in [0.25, 0.3) is 0 Å². The van der Waals surface area contributed by atoms with Gasteiger partial charge in [-0.3, -0.25) is 10.1 Å². The molecule has 1 aromatic heterocycles. The number of hydrogen-bond donors (Lipinski definition) is 1. The highest BCUT2D eigenvalue weighted by Gasteiger charge is 2.19. The Labute approximate surface area is 128 Å². The highest BCUT2D eigenvalue weighted by molar-refractivity contribution is 7.17. The number of ether oxygens (including phenoxy) is 1. The number of carbonyl (C=O) groups is 2. The lowest BCUT2D eigenvalue weighted by Crippen LogP contribution is -2.27. The van der Waals surface area contributed by atoms with Gasteiger partial charge in [-0.1, -0.05) is 11.3 Å². The van der Waals surface area contributed by atoms with Crippen molar-refractivity contribution in [3.63, 3.8) is 0 Å². The lowest BCUT2D eigenvalue weighted by atomic mass is 10.2. The van der Waals surface area contributed by atoms with Crippen LogP contribution in [0.2, 0.25) is 0 Å². The third kappa shape index (κ3) is 5.95. The van der Waals surface area contributed by atoms with Gasteiger partial charge in [0.05, 0.1) is 10.6 Å². The summed E-state index contributed by atoms with van der Waals surface area (Å²) >= 11 is 1.13. The second kappa shape index (κ2) is 6.71. The van der Waals surface area contributed by atoms with Gasteiger partial charge >= 0.3 is 6.09 Å². The molecule has 0 atom stereocenters. The standard InChI is InChI=1S/C14H21N3O3S/c1-9-11(10(18)7-8-17(5)6)21-12(15-9)16-13(19)20-14(2,3)4/h7-8H,1-6H3,(H,15,16,19). The number of amides is 1. The van der Waals surface area contributed by atoms with Gasteiger partial charge in [-0.2, -0.15) is 0 Å². The molecule has 7 heteroatoms. The van der Waals surface area contributed by atoms with Crippen LogP contribution in [0.15, 0.2) is 12.3 Å². The summed E-state index contributed by atoms with van der Waals surface area (Å²) in [4.78, 5) is 30.1. The molecule has 0 aliphatic heterocycles. The molecule has 1 amide bonds. The molecule has 0 radical (unpaired) electrons. The second-order valence-corrected chi connectivity index (χ2v) is 6.70. The summed E-state index contributed by atoms with van der Waals surface area (Å²) in [6.45, 7) is 7.07. The van der Waals surface area contributed by atoms with Crippen LogP contribution in [-0.4, -0.2) is 41.5 Å². The van der Waals surface area contributed by atoms with Crippen molar-refractivity contribution in [2.45, 2.75) is 33.3 Å². The van der Waals surface area contributed by atoms with Crippen LogP contribution in [0, 0.1) is 6.92 Å². The van der Waals surface area contributed by atoms with Gasteiger partial charge in [0.25, 0.3) is 0 Å². The molecule has 1 N–H and O–H groups in total. The molecule has 1 heterocycles. The van der Waals surface area contributed by atoms with Crippen molar-refractivity contribution in [2.24, 2.45) is 0 Å². The number of aryl methyl sites for hydroxylation is 1. The number of anilines is 1. The maximum atomic E-state index is 12.0. The van der Waals surface area contributed by atoms with Crippen molar-refractivity contribution in [1.29, 1.82) is 0 Å². The topological polar surface area (TPSA) is 71.5 Å². The fourth-order valence-electron chi connectivity index (χ4n) is 1.36. The van der Waals surface area contributed by atoms with E-state index in [1.807, 2.05) is 14.1 Å². The molecular formula is C14H21N3O3S. The fraction of sp³-hybridized carbons (Fsp3) is 0.500. The van der Waals surface area contributed by atoms with Gasteiger partial charge in [0.2, 0.25) is 0 Å². The number of thiazole rings is 1. The molecule has 6 nitrogen and oxygen atoms in total. The Bertz CT molecular complexity index is 556. The third-order valence-electron chi connectivity index (χ3n) is 2.15. The maximum absolute atomic E-state index is 12.0. The van der Waals surface area contributed by atoms with Crippen LogP contribution in [0.3, 0.4) is 0 Å². The van der Waals surface area contributed by atoms with E-state index in [4.69, 9.17) is 4.74 Å². The van der Waals surface area contributed by atoms with Crippen molar-refractivity contribution in [1.82, 2.24) is 9.88 Å². The highest BCUT2D eigenvalue weighted by Crippen LogP contribution is 2.24. The molecule has 0 saturated carbocycles. The van der Waals surface area contributed by atoms with E-state index in [1.165, 1.54) is 6.08 Å². The second-order valence-electron chi connectivity index (χ2n) is 5.70. The van der Waals surface area contributed by atoms with E-state index in [1.54, 1.807) is 38.8 Å². The Kier molecular flexibility index (Phi) is 5.48. The Balaban J connectivity index is 2.79. The molecule has 0 saturated heterocycles. The number of hydrogen-bond acceptors (Lipinski definition) is 6. The van der Waals surface area contributed by atoms with Gasteiger partial charge in [0.15, 0.2) is 10.9 Å². The van der Waals surface area contributed by atoms with Gasteiger partial charge in [-0.05, 0) is 27.7 Å². The van der Waals surface area contributed by atoms with Crippen molar-refractivity contribution in [2.75, 3.05) is 19.4 Å². The van der Waals surface area contributed by atoms with Crippen LogP contribution >= 0.6 is 11.3 Å². The molecule has 1 rings (SSSR count). The summed E-state index contributed by atoms with van der Waals surface area (Å²) in [5.74, 6) is -0.143. The van der Waals surface area contributed by atoms with E-state index in [0.717, 1.165) is 11.3 Å². The molecule has 0 bridgehead atoms. The molecule has 0 aromatic carbocycles. The Morgan fingerprint density at radius 1 is 1.33 bits per heavy atom. The lowest BCUT2D eigenvalue weighted by Gasteiger charge is -2.18. The van der Waals surface area contributed by atoms with Gasteiger partial charge in [0.1, 0.15) is 5.60 Å². The van der Waals surface area contributed by atoms with Crippen molar-refractivity contribution >= 4 is 28.3 Å². The average molecular weight is 311 g/mol. The maximum Gasteiger partial charge on any atom is 0.413 e. The summed E-state index contributed by atoms with van der Waals surface area (Å²) in [6.07, 6.45) is 2.55. The van der Waals surface area contributed by atoms with E-state index in [-0.39, 0.29) is 5.78 Å². The molecule has 116 valence electrons. The molecule has 0 spiro atoms. The first-order valence-corrected chi connectivity index (χ1v) is 7.26. The number of aromatic nitrogens is 1. The van der Waals surface area contributed by atoms with Gasteiger partial charge in [-0.15, -0.1) is 0 Å².